The first-order valence-corrected chi connectivity index (χ1v) is 7.59. The minimum absolute atomic E-state index is 0.0149. The predicted molar refractivity (Wildman–Crippen MR) is 82.8 cm³/mol. The van der Waals surface area contributed by atoms with Gasteiger partial charge in [-0.05, 0) is 24.1 Å². The largest absolute Gasteiger partial charge is 0.355 e. The van der Waals surface area contributed by atoms with Crippen molar-refractivity contribution < 1.29 is 14.0 Å². The van der Waals surface area contributed by atoms with Crippen molar-refractivity contribution in [2.45, 2.75) is 32.6 Å². The summed E-state index contributed by atoms with van der Waals surface area (Å²) in [6, 6.07) is 6.35. The summed E-state index contributed by atoms with van der Waals surface area (Å²) < 4.78 is 13.0. The summed E-state index contributed by atoms with van der Waals surface area (Å²) in [7, 11) is 0. The van der Waals surface area contributed by atoms with Gasteiger partial charge in [-0.25, -0.2) is 4.39 Å². The Bertz CT molecular complexity index is 554. The van der Waals surface area contributed by atoms with Crippen molar-refractivity contribution in [3.8, 4) is 0 Å². The molecule has 1 heterocycles. The third-order valence-electron chi connectivity index (χ3n) is 4.33. The van der Waals surface area contributed by atoms with Crippen LogP contribution < -0.4 is 5.32 Å². The van der Waals surface area contributed by atoms with E-state index in [0.29, 0.717) is 26.1 Å². The molecule has 0 bridgehead atoms. The molecular weight excluding hydrogens is 283 g/mol. The summed E-state index contributed by atoms with van der Waals surface area (Å²) >= 11 is 0. The van der Waals surface area contributed by atoms with E-state index >= 15 is 0 Å². The third kappa shape index (κ3) is 3.84. The molecule has 0 spiro atoms. The van der Waals surface area contributed by atoms with Crippen molar-refractivity contribution in [2.75, 3.05) is 19.6 Å². The van der Waals surface area contributed by atoms with Gasteiger partial charge in [0.1, 0.15) is 5.82 Å². The second kappa shape index (κ2) is 6.46. The summed E-state index contributed by atoms with van der Waals surface area (Å²) in [6.07, 6.45) is 0.711. The molecule has 1 saturated heterocycles. The number of carbonyl (C=O) groups excluding carboxylic acids is 2. The molecule has 2 rings (SSSR count). The van der Waals surface area contributed by atoms with Crippen LogP contribution in [0, 0.1) is 11.7 Å². The van der Waals surface area contributed by atoms with Crippen LogP contribution in [0.15, 0.2) is 24.3 Å². The van der Waals surface area contributed by atoms with E-state index in [2.05, 4.69) is 5.32 Å². The molecule has 1 fully saturated rings. The zero-order valence-corrected chi connectivity index (χ0v) is 13.4. The van der Waals surface area contributed by atoms with Crippen molar-refractivity contribution in [2.24, 2.45) is 5.92 Å². The first-order chi connectivity index (χ1) is 10.3. The smallest absolute Gasteiger partial charge is 0.224 e. The number of nitrogens with zero attached hydrogens (tertiary/aromatic N) is 1. The van der Waals surface area contributed by atoms with Crippen LogP contribution in [0.3, 0.4) is 0 Å². The fourth-order valence-electron chi connectivity index (χ4n) is 2.72. The van der Waals surface area contributed by atoms with Crippen molar-refractivity contribution in [1.29, 1.82) is 0 Å². The monoisotopic (exact) mass is 306 g/mol. The van der Waals surface area contributed by atoms with Crippen LogP contribution in [0.4, 0.5) is 4.39 Å². The average molecular weight is 306 g/mol. The van der Waals surface area contributed by atoms with Gasteiger partial charge < -0.3 is 10.2 Å². The number of nitrogens with one attached hydrogen (secondary N) is 1. The van der Waals surface area contributed by atoms with Crippen molar-refractivity contribution in [3.05, 3.63) is 35.6 Å². The van der Waals surface area contributed by atoms with E-state index in [4.69, 9.17) is 0 Å². The molecule has 2 amide bonds. The van der Waals surface area contributed by atoms with Crippen LogP contribution in [0.2, 0.25) is 0 Å². The lowest BCUT2D eigenvalue weighted by Crippen LogP contribution is -2.40. The van der Waals surface area contributed by atoms with Gasteiger partial charge in [0.25, 0.3) is 0 Å². The second-order valence-electron chi connectivity index (χ2n) is 6.56. The van der Waals surface area contributed by atoms with Crippen LogP contribution in [-0.4, -0.2) is 36.3 Å². The van der Waals surface area contributed by atoms with Crippen molar-refractivity contribution in [1.82, 2.24) is 10.2 Å². The zero-order valence-electron chi connectivity index (χ0n) is 13.4. The summed E-state index contributed by atoms with van der Waals surface area (Å²) in [4.78, 5) is 25.2. The van der Waals surface area contributed by atoms with Gasteiger partial charge in [0.05, 0.1) is 5.92 Å². The van der Waals surface area contributed by atoms with Crippen LogP contribution in [-0.2, 0) is 15.0 Å². The van der Waals surface area contributed by atoms with Gasteiger partial charge in [-0.2, -0.15) is 0 Å². The molecule has 0 unspecified atom stereocenters. The van der Waals surface area contributed by atoms with E-state index in [9.17, 15) is 14.0 Å². The van der Waals surface area contributed by atoms with E-state index in [1.54, 1.807) is 17.0 Å². The molecule has 1 aliphatic rings. The number of carbonyl (C=O) groups is 2. The van der Waals surface area contributed by atoms with Gasteiger partial charge in [0, 0.05) is 32.0 Å². The van der Waals surface area contributed by atoms with Crippen LogP contribution in [0.5, 0.6) is 0 Å². The Labute approximate surface area is 130 Å². The molecular formula is C17H23FN2O2. The standard InChI is InChI=1S/C17H23FN2O2/c1-12(21)20-9-8-13(10-20)16(22)19-11-17(2,3)14-4-6-15(18)7-5-14/h4-7,13H,8-11H2,1-3H3,(H,19,22)/t13-/m0/s1. The molecule has 1 N–H and O–H groups in total. The maximum Gasteiger partial charge on any atom is 0.224 e. The number of hydrogen-bond donors (Lipinski definition) is 1. The Kier molecular flexibility index (Phi) is 4.84. The van der Waals surface area contributed by atoms with E-state index in [1.807, 2.05) is 13.8 Å². The van der Waals surface area contributed by atoms with Crippen LogP contribution in [0.25, 0.3) is 0 Å². The lowest BCUT2D eigenvalue weighted by Gasteiger charge is -2.26. The van der Waals surface area contributed by atoms with Gasteiger partial charge in [0.2, 0.25) is 11.8 Å². The Hall–Kier alpha value is -1.91. The molecule has 1 atom stereocenters. The van der Waals surface area contributed by atoms with E-state index in [1.165, 1.54) is 19.1 Å². The summed E-state index contributed by atoms with van der Waals surface area (Å²) in [5.41, 5.74) is 0.702. The average Bonchev–Trinajstić information content (AvgIpc) is 2.95. The lowest BCUT2D eigenvalue weighted by atomic mass is 9.84. The number of rotatable bonds is 4. The first kappa shape index (κ1) is 16.5. The highest BCUT2D eigenvalue weighted by Gasteiger charge is 2.30. The molecule has 0 radical (unpaired) electrons. The zero-order chi connectivity index (χ0) is 16.3. The summed E-state index contributed by atoms with van der Waals surface area (Å²) in [5, 5.41) is 2.97. The highest BCUT2D eigenvalue weighted by atomic mass is 19.1. The summed E-state index contributed by atoms with van der Waals surface area (Å²) in [5.74, 6) is -0.396. The molecule has 5 heteroatoms. The Morgan fingerprint density at radius 1 is 1.32 bits per heavy atom. The number of amides is 2. The highest BCUT2D eigenvalue weighted by Crippen LogP contribution is 2.23. The molecule has 0 aromatic heterocycles. The molecule has 22 heavy (non-hydrogen) atoms. The second-order valence-corrected chi connectivity index (χ2v) is 6.56. The molecule has 4 nitrogen and oxygen atoms in total. The Morgan fingerprint density at radius 2 is 1.95 bits per heavy atom. The Morgan fingerprint density at radius 3 is 2.50 bits per heavy atom. The highest BCUT2D eigenvalue weighted by molar-refractivity contribution is 5.81. The number of hydrogen-bond acceptors (Lipinski definition) is 2. The van der Waals surface area contributed by atoms with Gasteiger partial charge in [0.15, 0.2) is 0 Å². The van der Waals surface area contributed by atoms with Crippen LogP contribution >= 0.6 is 0 Å². The normalized spacial score (nSPS) is 18.4. The minimum atomic E-state index is -0.276. The topological polar surface area (TPSA) is 49.4 Å². The molecule has 120 valence electrons. The number of benzene rings is 1. The first-order valence-electron chi connectivity index (χ1n) is 7.59. The Balaban J connectivity index is 1.90. The molecule has 1 aliphatic heterocycles. The lowest BCUT2D eigenvalue weighted by molar-refractivity contribution is -0.128. The van der Waals surface area contributed by atoms with Gasteiger partial charge in [-0.3, -0.25) is 9.59 Å². The fourth-order valence-corrected chi connectivity index (χ4v) is 2.72. The maximum absolute atomic E-state index is 13.0. The fraction of sp³-hybridized carbons (Fsp3) is 0.529. The number of likely N-dealkylation sites (tertiary alicyclic amines) is 1. The summed E-state index contributed by atoms with van der Waals surface area (Å²) in [6.45, 7) is 7.17. The van der Waals surface area contributed by atoms with Crippen molar-refractivity contribution >= 4 is 11.8 Å². The van der Waals surface area contributed by atoms with E-state index in [-0.39, 0.29) is 29.0 Å². The third-order valence-corrected chi connectivity index (χ3v) is 4.33. The predicted octanol–water partition coefficient (Wildman–Crippen LogP) is 2.09. The molecule has 1 aromatic carbocycles. The van der Waals surface area contributed by atoms with E-state index in [0.717, 1.165) is 5.56 Å². The van der Waals surface area contributed by atoms with E-state index < -0.39 is 0 Å². The van der Waals surface area contributed by atoms with Gasteiger partial charge in [-0.15, -0.1) is 0 Å². The molecule has 0 saturated carbocycles. The maximum atomic E-state index is 13.0. The quantitative estimate of drug-likeness (QED) is 0.926. The van der Waals surface area contributed by atoms with Gasteiger partial charge >= 0.3 is 0 Å². The van der Waals surface area contributed by atoms with Gasteiger partial charge in [-0.1, -0.05) is 26.0 Å². The van der Waals surface area contributed by atoms with Crippen molar-refractivity contribution in [3.63, 3.8) is 0 Å². The minimum Gasteiger partial charge on any atom is -0.355 e. The SMILES string of the molecule is CC(=O)N1CC[C@H](C(=O)NCC(C)(C)c2ccc(F)cc2)C1. The van der Waals surface area contributed by atoms with Crippen LogP contribution in [0.1, 0.15) is 32.8 Å². The number of halogens is 1. The molecule has 1 aromatic rings. The molecule has 0 aliphatic carbocycles.